The third-order valence-corrected chi connectivity index (χ3v) is 5.81. The molecule has 0 unspecified atom stereocenters. The molecule has 1 fully saturated rings. The zero-order valence-corrected chi connectivity index (χ0v) is 12.8. The maximum Gasteiger partial charge on any atom is 0.214 e. The van der Waals surface area contributed by atoms with E-state index >= 15 is 0 Å². The molecule has 0 amide bonds. The third kappa shape index (κ3) is 4.54. The molecule has 0 aliphatic carbocycles. The third-order valence-electron chi connectivity index (χ3n) is 3.79. The van der Waals surface area contributed by atoms with Crippen molar-refractivity contribution in [2.75, 3.05) is 32.4 Å². The molecule has 0 bridgehead atoms. The maximum absolute atomic E-state index is 12.3. The summed E-state index contributed by atoms with van der Waals surface area (Å²) in [6, 6.07) is 5.71. The van der Waals surface area contributed by atoms with Crippen molar-refractivity contribution < 1.29 is 8.42 Å². The van der Waals surface area contributed by atoms with E-state index in [0.717, 1.165) is 31.6 Å². The van der Waals surface area contributed by atoms with Gasteiger partial charge >= 0.3 is 0 Å². The van der Waals surface area contributed by atoms with Crippen molar-refractivity contribution in [3.8, 4) is 0 Å². The molecule has 112 valence electrons. The quantitative estimate of drug-likeness (QED) is 0.847. The highest BCUT2D eigenvalue weighted by molar-refractivity contribution is 7.89. The Balaban J connectivity index is 1.85. The molecule has 1 aliphatic rings. The molecule has 1 saturated heterocycles. The van der Waals surface area contributed by atoms with Crippen LogP contribution in [0.2, 0.25) is 0 Å². The summed E-state index contributed by atoms with van der Waals surface area (Å²) in [5.41, 5.74) is 0.927. The highest BCUT2D eigenvalue weighted by Crippen LogP contribution is 2.16. The van der Waals surface area contributed by atoms with E-state index < -0.39 is 10.0 Å². The number of hydrogen-bond acceptors (Lipinski definition) is 4. The Labute approximate surface area is 121 Å². The minimum Gasteiger partial charge on any atom is -0.317 e. The van der Waals surface area contributed by atoms with E-state index in [1.54, 1.807) is 13.2 Å². The van der Waals surface area contributed by atoms with Crippen LogP contribution in [0.5, 0.6) is 0 Å². The molecule has 5 nitrogen and oxygen atoms in total. The second kappa shape index (κ2) is 7.15. The van der Waals surface area contributed by atoms with Gasteiger partial charge in [-0.05, 0) is 44.0 Å². The Morgan fingerprint density at radius 3 is 2.75 bits per heavy atom. The molecule has 0 radical (unpaired) electrons. The second-order valence-electron chi connectivity index (χ2n) is 5.36. The van der Waals surface area contributed by atoms with Crippen LogP contribution in [0.15, 0.2) is 24.4 Å². The lowest BCUT2D eigenvalue weighted by Crippen LogP contribution is -2.37. The first kappa shape index (κ1) is 15.4. The minimum absolute atomic E-state index is 0.271. The maximum atomic E-state index is 12.3. The van der Waals surface area contributed by atoms with Crippen LogP contribution in [0.3, 0.4) is 0 Å². The predicted molar refractivity (Wildman–Crippen MR) is 80.0 cm³/mol. The van der Waals surface area contributed by atoms with Gasteiger partial charge in [-0.25, -0.2) is 12.7 Å². The standard InChI is InChI=1S/C14H23N3O2S/c1-17(11-7-14-4-2-3-8-16-14)20(18,19)12-13-5-9-15-10-6-13/h2-4,8,13,15H,5-7,9-12H2,1H3. The monoisotopic (exact) mass is 297 g/mol. The zero-order chi connectivity index (χ0) is 14.4. The van der Waals surface area contributed by atoms with Gasteiger partial charge in [0.15, 0.2) is 0 Å². The van der Waals surface area contributed by atoms with Gasteiger partial charge in [0.1, 0.15) is 0 Å². The van der Waals surface area contributed by atoms with Crippen molar-refractivity contribution in [1.29, 1.82) is 0 Å². The molecule has 20 heavy (non-hydrogen) atoms. The Hall–Kier alpha value is -0.980. The lowest BCUT2D eigenvalue weighted by Gasteiger charge is -2.25. The normalized spacial score (nSPS) is 17.5. The molecular formula is C14H23N3O2S. The molecular weight excluding hydrogens is 274 g/mol. The lowest BCUT2D eigenvalue weighted by molar-refractivity contribution is 0.389. The number of likely N-dealkylation sites (N-methyl/N-ethyl adjacent to an activating group) is 1. The van der Waals surface area contributed by atoms with Crippen LogP contribution in [-0.2, 0) is 16.4 Å². The number of rotatable bonds is 6. The van der Waals surface area contributed by atoms with Gasteiger partial charge in [-0.1, -0.05) is 6.07 Å². The smallest absolute Gasteiger partial charge is 0.214 e. The van der Waals surface area contributed by atoms with Crippen LogP contribution in [0.4, 0.5) is 0 Å². The van der Waals surface area contributed by atoms with Crippen LogP contribution < -0.4 is 5.32 Å². The van der Waals surface area contributed by atoms with E-state index in [0.29, 0.717) is 18.9 Å². The summed E-state index contributed by atoms with van der Waals surface area (Å²) in [6.07, 6.45) is 4.29. The average molecular weight is 297 g/mol. The van der Waals surface area contributed by atoms with E-state index in [-0.39, 0.29) is 5.75 Å². The fourth-order valence-corrected chi connectivity index (χ4v) is 3.98. The van der Waals surface area contributed by atoms with Crippen LogP contribution >= 0.6 is 0 Å². The zero-order valence-electron chi connectivity index (χ0n) is 12.0. The first-order valence-electron chi connectivity index (χ1n) is 7.12. The largest absolute Gasteiger partial charge is 0.317 e. The highest BCUT2D eigenvalue weighted by atomic mass is 32.2. The number of sulfonamides is 1. The summed E-state index contributed by atoms with van der Waals surface area (Å²) < 4.78 is 26.1. The van der Waals surface area contributed by atoms with Crippen LogP contribution in [0, 0.1) is 5.92 Å². The summed E-state index contributed by atoms with van der Waals surface area (Å²) in [5, 5.41) is 3.26. The van der Waals surface area contributed by atoms with Gasteiger partial charge in [0.2, 0.25) is 10.0 Å². The van der Waals surface area contributed by atoms with E-state index in [1.165, 1.54) is 4.31 Å². The van der Waals surface area contributed by atoms with Gasteiger partial charge < -0.3 is 5.32 Å². The summed E-state index contributed by atoms with van der Waals surface area (Å²) in [5.74, 6) is 0.562. The molecule has 1 aromatic rings. The van der Waals surface area contributed by atoms with Gasteiger partial charge in [-0.3, -0.25) is 4.98 Å². The predicted octanol–water partition coefficient (Wildman–Crippen LogP) is 0.885. The van der Waals surface area contributed by atoms with Crippen molar-refractivity contribution in [2.45, 2.75) is 19.3 Å². The fourth-order valence-electron chi connectivity index (χ4n) is 2.43. The van der Waals surface area contributed by atoms with E-state index in [4.69, 9.17) is 0 Å². The summed E-state index contributed by atoms with van der Waals surface area (Å²) >= 11 is 0. The first-order valence-corrected chi connectivity index (χ1v) is 8.73. The molecule has 0 saturated carbocycles. The summed E-state index contributed by atoms with van der Waals surface area (Å²) in [7, 11) is -1.49. The Morgan fingerprint density at radius 1 is 1.35 bits per heavy atom. The topological polar surface area (TPSA) is 62.3 Å². The number of nitrogens with zero attached hydrogens (tertiary/aromatic N) is 2. The van der Waals surface area contributed by atoms with Crippen molar-refractivity contribution in [3.63, 3.8) is 0 Å². The number of hydrogen-bond donors (Lipinski definition) is 1. The second-order valence-corrected chi connectivity index (χ2v) is 7.49. The first-order chi connectivity index (χ1) is 9.58. The van der Waals surface area contributed by atoms with Crippen LogP contribution in [0.25, 0.3) is 0 Å². The molecule has 0 atom stereocenters. The number of nitrogens with one attached hydrogen (secondary N) is 1. The van der Waals surface area contributed by atoms with E-state index in [9.17, 15) is 8.42 Å². The molecule has 0 spiro atoms. The molecule has 0 aromatic carbocycles. The Morgan fingerprint density at radius 2 is 2.10 bits per heavy atom. The van der Waals surface area contributed by atoms with Crippen molar-refractivity contribution in [3.05, 3.63) is 30.1 Å². The SMILES string of the molecule is CN(CCc1ccccn1)S(=O)(=O)CC1CCNCC1. The van der Waals surface area contributed by atoms with Gasteiger partial charge in [-0.2, -0.15) is 0 Å². The Bertz CT molecular complexity index is 498. The number of aromatic nitrogens is 1. The Kier molecular flexibility index (Phi) is 5.51. The molecule has 6 heteroatoms. The molecule has 1 N–H and O–H groups in total. The van der Waals surface area contributed by atoms with E-state index in [2.05, 4.69) is 10.3 Å². The molecule has 2 rings (SSSR count). The van der Waals surface area contributed by atoms with Crippen molar-refractivity contribution in [1.82, 2.24) is 14.6 Å². The van der Waals surface area contributed by atoms with Crippen molar-refractivity contribution in [2.24, 2.45) is 5.92 Å². The minimum atomic E-state index is -3.15. The number of piperidine rings is 1. The molecule has 1 aromatic heterocycles. The molecule has 1 aliphatic heterocycles. The van der Waals surface area contributed by atoms with Crippen LogP contribution in [0.1, 0.15) is 18.5 Å². The van der Waals surface area contributed by atoms with E-state index in [1.807, 2.05) is 18.2 Å². The lowest BCUT2D eigenvalue weighted by atomic mass is 10.0. The molecule has 2 heterocycles. The highest BCUT2D eigenvalue weighted by Gasteiger charge is 2.24. The number of pyridine rings is 1. The van der Waals surface area contributed by atoms with Gasteiger partial charge in [0.25, 0.3) is 0 Å². The van der Waals surface area contributed by atoms with Gasteiger partial charge in [0.05, 0.1) is 5.75 Å². The van der Waals surface area contributed by atoms with Gasteiger partial charge in [0, 0.05) is 31.9 Å². The van der Waals surface area contributed by atoms with Crippen molar-refractivity contribution >= 4 is 10.0 Å². The fraction of sp³-hybridized carbons (Fsp3) is 0.643. The van der Waals surface area contributed by atoms with Gasteiger partial charge in [-0.15, -0.1) is 0 Å². The summed E-state index contributed by atoms with van der Waals surface area (Å²) in [4.78, 5) is 4.22. The summed E-state index contributed by atoms with van der Waals surface area (Å²) in [6.45, 7) is 2.35. The average Bonchev–Trinajstić information content (AvgIpc) is 2.46. The van der Waals surface area contributed by atoms with Crippen LogP contribution in [-0.4, -0.2) is 50.1 Å².